The molecule has 0 unspecified atom stereocenters. The summed E-state index contributed by atoms with van der Waals surface area (Å²) in [6.07, 6.45) is 0. The van der Waals surface area contributed by atoms with Crippen molar-refractivity contribution in [2.45, 2.75) is 20.4 Å². The Hall–Kier alpha value is -2.79. The van der Waals surface area contributed by atoms with E-state index < -0.39 is 10.8 Å². The van der Waals surface area contributed by atoms with Gasteiger partial charge in [-0.25, -0.2) is 4.98 Å². The van der Waals surface area contributed by atoms with Gasteiger partial charge in [-0.05, 0) is 46.1 Å². The van der Waals surface area contributed by atoms with E-state index in [1.807, 2.05) is 28.8 Å². The van der Waals surface area contributed by atoms with Crippen LogP contribution in [0.15, 0.2) is 28.7 Å². The topological polar surface area (TPSA) is 122 Å². The second-order valence-electron chi connectivity index (χ2n) is 6.05. The second kappa shape index (κ2) is 8.48. The number of carbonyl (C=O) groups is 1. The molecule has 0 saturated heterocycles. The average molecular weight is 450 g/mol. The molecule has 0 atom stereocenters. The van der Waals surface area contributed by atoms with Gasteiger partial charge in [-0.15, -0.1) is 5.10 Å². The zero-order valence-electron chi connectivity index (χ0n) is 15.5. The van der Waals surface area contributed by atoms with Crippen LogP contribution in [0, 0.1) is 10.1 Å². The lowest BCUT2D eigenvalue weighted by Gasteiger charge is -2.19. The van der Waals surface area contributed by atoms with Crippen LogP contribution in [0.3, 0.4) is 0 Å². The molecule has 11 heteroatoms. The van der Waals surface area contributed by atoms with E-state index in [9.17, 15) is 14.9 Å². The van der Waals surface area contributed by atoms with Crippen molar-refractivity contribution in [3.63, 3.8) is 0 Å². The first-order valence-electron chi connectivity index (χ1n) is 8.83. The van der Waals surface area contributed by atoms with Gasteiger partial charge in [0.15, 0.2) is 5.69 Å². The molecule has 10 nitrogen and oxygen atoms in total. The highest BCUT2D eigenvalue weighted by Gasteiger charge is 2.26. The van der Waals surface area contributed by atoms with Crippen LogP contribution in [0.4, 0.5) is 11.8 Å². The Morgan fingerprint density at radius 1 is 1.36 bits per heavy atom. The fourth-order valence-corrected chi connectivity index (χ4v) is 3.43. The van der Waals surface area contributed by atoms with Crippen LogP contribution < -0.4 is 5.32 Å². The molecule has 0 spiro atoms. The van der Waals surface area contributed by atoms with Crippen LogP contribution in [0.5, 0.6) is 0 Å². The van der Waals surface area contributed by atoms with E-state index in [0.29, 0.717) is 12.5 Å². The number of nitrogens with zero attached hydrogens (tertiary/aromatic N) is 5. The molecule has 0 aliphatic heterocycles. The Balaban J connectivity index is 1.90. The van der Waals surface area contributed by atoms with Gasteiger partial charge >= 0.3 is 5.82 Å². The first kappa shape index (κ1) is 20.0. The molecule has 0 saturated carbocycles. The SMILES string of the molecule is CCN(CC)CCn1c(NC(=O)c2n[nH]c([N+](=O)[O-])c2Br)nc2ccccc21. The maximum Gasteiger partial charge on any atom is 0.357 e. The molecule has 28 heavy (non-hydrogen) atoms. The highest BCUT2D eigenvalue weighted by Crippen LogP contribution is 2.26. The number of rotatable bonds is 8. The number of hydrogen-bond donors (Lipinski definition) is 2. The maximum absolute atomic E-state index is 12.6. The molecule has 0 aliphatic rings. The third-order valence-electron chi connectivity index (χ3n) is 4.50. The fourth-order valence-electron chi connectivity index (χ4n) is 2.93. The molecule has 3 aromatic rings. The molecular weight excluding hydrogens is 430 g/mol. The van der Waals surface area contributed by atoms with Crippen molar-refractivity contribution in [1.82, 2.24) is 24.6 Å². The number of nitrogens with one attached hydrogen (secondary N) is 2. The Kier molecular flexibility index (Phi) is 6.05. The number of H-pyrrole nitrogens is 1. The number of benzene rings is 1. The van der Waals surface area contributed by atoms with Gasteiger partial charge in [-0.3, -0.25) is 10.1 Å². The lowest BCUT2D eigenvalue weighted by atomic mass is 10.3. The number of aromatic nitrogens is 4. The Morgan fingerprint density at radius 2 is 2.07 bits per heavy atom. The maximum atomic E-state index is 12.6. The van der Waals surface area contributed by atoms with E-state index in [2.05, 4.69) is 55.2 Å². The molecule has 1 aromatic carbocycles. The standard InChI is InChI=1S/C17H20BrN7O3/c1-3-23(4-2)9-10-24-12-8-6-5-7-11(12)19-17(24)20-16(26)14-13(18)15(22-21-14)25(27)28/h5-8H,3-4,9-10H2,1-2H3,(H,21,22)(H,19,20,26). The largest absolute Gasteiger partial charge is 0.358 e. The third kappa shape index (κ3) is 3.90. The minimum Gasteiger partial charge on any atom is -0.358 e. The summed E-state index contributed by atoms with van der Waals surface area (Å²) in [5.74, 6) is -0.591. The Bertz CT molecular complexity index is 1010. The summed E-state index contributed by atoms with van der Waals surface area (Å²) in [5.41, 5.74) is 1.55. The summed E-state index contributed by atoms with van der Waals surface area (Å²) < 4.78 is 1.93. The van der Waals surface area contributed by atoms with Gasteiger partial charge in [-0.1, -0.05) is 31.1 Å². The van der Waals surface area contributed by atoms with Gasteiger partial charge in [0, 0.05) is 13.1 Å². The fraction of sp³-hybridized carbons (Fsp3) is 0.353. The van der Waals surface area contributed by atoms with E-state index in [0.717, 1.165) is 30.7 Å². The Morgan fingerprint density at radius 3 is 2.71 bits per heavy atom. The zero-order chi connectivity index (χ0) is 20.3. The first-order valence-corrected chi connectivity index (χ1v) is 9.62. The number of amides is 1. The second-order valence-corrected chi connectivity index (χ2v) is 6.84. The lowest BCUT2D eigenvalue weighted by Crippen LogP contribution is -2.27. The molecule has 0 fully saturated rings. The molecule has 1 amide bonds. The highest BCUT2D eigenvalue weighted by molar-refractivity contribution is 9.10. The van der Waals surface area contributed by atoms with Crippen molar-refractivity contribution >= 4 is 44.6 Å². The molecule has 2 aromatic heterocycles. The van der Waals surface area contributed by atoms with Crippen LogP contribution in [-0.2, 0) is 6.54 Å². The van der Waals surface area contributed by atoms with Crippen LogP contribution in [0.2, 0.25) is 0 Å². The van der Waals surface area contributed by atoms with Gasteiger partial charge in [-0.2, -0.15) is 0 Å². The zero-order valence-corrected chi connectivity index (χ0v) is 17.1. The van der Waals surface area contributed by atoms with Gasteiger partial charge in [0.2, 0.25) is 5.95 Å². The average Bonchev–Trinajstić information content (AvgIpc) is 3.23. The molecule has 0 radical (unpaired) electrons. The molecule has 2 heterocycles. The predicted octanol–water partition coefficient (Wildman–Crippen LogP) is 3.02. The van der Waals surface area contributed by atoms with Crippen LogP contribution >= 0.6 is 15.9 Å². The summed E-state index contributed by atoms with van der Waals surface area (Å²) in [4.78, 5) is 29.7. The highest BCUT2D eigenvalue weighted by atomic mass is 79.9. The van der Waals surface area contributed by atoms with Gasteiger partial charge in [0.05, 0.1) is 11.0 Å². The number of halogens is 1. The molecular formula is C17H20BrN7O3. The molecule has 0 bridgehead atoms. The van der Waals surface area contributed by atoms with Crippen molar-refractivity contribution in [2.75, 3.05) is 25.0 Å². The predicted molar refractivity (Wildman–Crippen MR) is 108 cm³/mol. The summed E-state index contributed by atoms with van der Waals surface area (Å²) in [6.45, 7) is 7.48. The number of anilines is 1. The smallest absolute Gasteiger partial charge is 0.357 e. The minimum absolute atomic E-state index is 0.000743. The van der Waals surface area contributed by atoms with E-state index in [1.165, 1.54) is 0 Å². The summed E-state index contributed by atoms with van der Waals surface area (Å²) in [6, 6.07) is 7.60. The van der Waals surface area contributed by atoms with E-state index in [-0.39, 0.29) is 16.0 Å². The van der Waals surface area contributed by atoms with Crippen molar-refractivity contribution in [1.29, 1.82) is 0 Å². The number of fused-ring (bicyclic) bond motifs is 1. The Labute approximate surface area is 169 Å². The lowest BCUT2D eigenvalue weighted by molar-refractivity contribution is -0.390. The van der Waals surface area contributed by atoms with Crippen LogP contribution in [0.1, 0.15) is 24.3 Å². The van der Waals surface area contributed by atoms with Gasteiger partial charge < -0.3 is 19.6 Å². The number of para-hydroxylation sites is 2. The molecule has 148 valence electrons. The van der Waals surface area contributed by atoms with Crippen LogP contribution in [0.25, 0.3) is 11.0 Å². The summed E-state index contributed by atoms with van der Waals surface area (Å²) >= 11 is 3.06. The van der Waals surface area contributed by atoms with E-state index in [4.69, 9.17) is 0 Å². The van der Waals surface area contributed by atoms with Gasteiger partial charge in [0.1, 0.15) is 4.47 Å². The first-order chi connectivity index (χ1) is 13.5. The van der Waals surface area contributed by atoms with Crippen molar-refractivity contribution in [3.8, 4) is 0 Å². The minimum atomic E-state index is -0.646. The number of carbonyl (C=O) groups excluding carboxylic acids is 1. The number of nitro groups is 1. The summed E-state index contributed by atoms with van der Waals surface area (Å²) in [5, 5.41) is 19.7. The van der Waals surface area contributed by atoms with E-state index in [1.54, 1.807) is 0 Å². The monoisotopic (exact) mass is 449 g/mol. The van der Waals surface area contributed by atoms with Crippen molar-refractivity contribution < 1.29 is 9.72 Å². The number of aromatic amines is 1. The molecule has 3 rings (SSSR count). The van der Waals surface area contributed by atoms with Crippen molar-refractivity contribution in [2.24, 2.45) is 0 Å². The normalized spacial score (nSPS) is 11.3. The quantitative estimate of drug-likeness (QED) is 0.402. The van der Waals surface area contributed by atoms with E-state index >= 15 is 0 Å². The summed E-state index contributed by atoms with van der Waals surface area (Å²) in [7, 11) is 0. The van der Waals surface area contributed by atoms with Crippen LogP contribution in [-0.4, -0.2) is 55.1 Å². The number of hydrogen-bond acceptors (Lipinski definition) is 6. The van der Waals surface area contributed by atoms with Gasteiger partial charge in [0.25, 0.3) is 5.91 Å². The number of likely N-dealkylation sites (N-methyl/N-ethyl adjacent to an activating group) is 1. The third-order valence-corrected chi connectivity index (χ3v) is 5.25. The number of imidazole rings is 1. The molecule has 2 N–H and O–H groups in total. The molecule has 0 aliphatic carbocycles. The van der Waals surface area contributed by atoms with Crippen molar-refractivity contribution in [3.05, 3.63) is 44.5 Å².